The molecule has 1 heterocycles. The van der Waals surface area contributed by atoms with Gasteiger partial charge in [-0.15, -0.1) is 12.4 Å². The fraction of sp³-hybridized carbons (Fsp3) is 0.696. The van der Waals surface area contributed by atoms with E-state index in [0.717, 1.165) is 49.7 Å². The Kier molecular flexibility index (Phi) is 7.64. The van der Waals surface area contributed by atoms with Gasteiger partial charge in [-0.3, -0.25) is 4.90 Å². The molecule has 4 rings (SSSR count). The van der Waals surface area contributed by atoms with E-state index in [4.69, 9.17) is 5.11 Å². The Bertz CT molecular complexity index is 614. The summed E-state index contributed by atoms with van der Waals surface area (Å²) in [5, 5.41) is 9.05. The van der Waals surface area contributed by atoms with Gasteiger partial charge >= 0.3 is 5.97 Å². The van der Waals surface area contributed by atoms with Gasteiger partial charge in [-0.2, -0.15) is 0 Å². The number of anilines is 1. The summed E-state index contributed by atoms with van der Waals surface area (Å²) in [6, 6.07) is 8.14. The lowest BCUT2D eigenvalue weighted by Gasteiger charge is -2.44. The van der Waals surface area contributed by atoms with Crippen molar-refractivity contribution in [2.75, 3.05) is 31.1 Å². The van der Waals surface area contributed by atoms with Crippen LogP contribution < -0.4 is 4.90 Å². The van der Waals surface area contributed by atoms with Gasteiger partial charge in [-0.25, -0.2) is 4.79 Å². The molecule has 5 heteroatoms. The number of carboxylic acids is 1. The molecular formula is C23H35ClN2O2. The summed E-state index contributed by atoms with van der Waals surface area (Å²) < 4.78 is 0. The predicted molar refractivity (Wildman–Crippen MR) is 117 cm³/mol. The van der Waals surface area contributed by atoms with Crippen LogP contribution in [0.25, 0.3) is 0 Å². The fourth-order valence-electron chi connectivity index (χ4n) is 5.70. The van der Waals surface area contributed by atoms with Crippen LogP contribution in [0.1, 0.15) is 68.1 Å². The molecule has 3 fully saturated rings. The highest BCUT2D eigenvalue weighted by Crippen LogP contribution is 2.39. The first-order valence-electron chi connectivity index (χ1n) is 11.0. The molecule has 2 saturated carbocycles. The third-order valence-corrected chi connectivity index (χ3v) is 7.37. The van der Waals surface area contributed by atoms with Crippen LogP contribution in [0.3, 0.4) is 0 Å². The van der Waals surface area contributed by atoms with Crippen LogP contribution >= 0.6 is 12.4 Å². The molecule has 1 saturated heterocycles. The van der Waals surface area contributed by atoms with Gasteiger partial charge in [-0.1, -0.05) is 32.1 Å². The average molecular weight is 407 g/mol. The van der Waals surface area contributed by atoms with Gasteiger partial charge in [0, 0.05) is 37.9 Å². The summed E-state index contributed by atoms with van der Waals surface area (Å²) in [7, 11) is 0. The van der Waals surface area contributed by atoms with Gasteiger partial charge in [0.15, 0.2) is 0 Å². The Morgan fingerprint density at radius 2 is 1.36 bits per heavy atom. The largest absolute Gasteiger partial charge is 0.478 e. The molecule has 0 amide bonds. The Labute approximate surface area is 175 Å². The maximum atomic E-state index is 11.0. The zero-order chi connectivity index (χ0) is 18.6. The normalized spacial score (nSPS) is 27.2. The zero-order valence-corrected chi connectivity index (χ0v) is 17.7. The Hall–Kier alpha value is -1.26. The molecule has 1 aromatic carbocycles. The van der Waals surface area contributed by atoms with Crippen LogP contribution in [0.15, 0.2) is 24.3 Å². The molecule has 3 aliphatic rings. The first-order chi connectivity index (χ1) is 13.2. The first-order valence-corrected chi connectivity index (χ1v) is 11.0. The summed E-state index contributed by atoms with van der Waals surface area (Å²) in [4.78, 5) is 16.1. The molecule has 0 aromatic heterocycles. The van der Waals surface area contributed by atoms with Crippen molar-refractivity contribution in [1.82, 2.24) is 4.90 Å². The number of rotatable bonds is 4. The van der Waals surface area contributed by atoms with Crippen LogP contribution in [-0.4, -0.2) is 48.2 Å². The quantitative estimate of drug-likeness (QED) is 0.758. The van der Waals surface area contributed by atoms with Gasteiger partial charge in [0.2, 0.25) is 0 Å². The minimum Gasteiger partial charge on any atom is -0.478 e. The second-order valence-corrected chi connectivity index (χ2v) is 8.84. The summed E-state index contributed by atoms with van der Waals surface area (Å²) in [5.41, 5.74) is 1.52. The smallest absolute Gasteiger partial charge is 0.335 e. The van der Waals surface area contributed by atoms with E-state index in [1.807, 2.05) is 12.1 Å². The Morgan fingerprint density at radius 3 is 1.93 bits per heavy atom. The summed E-state index contributed by atoms with van der Waals surface area (Å²) >= 11 is 0. The molecule has 0 atom stereocenters. The Balaban J connectivity index is 0.00000225. The molecule has 1 N–H and O–H groups in total. The lowest BCUT2D eigenvalue weighted by atomic mass is 9.72. The van der Waals surface area contributed by atoms with Crippen molar-refractivity contribution < 1.29 is 9.90 Å². The van der Waals surface area contributed by atoms with Gasteiger partial charge in [-0.05, 0) is 61.8 Å². The summed E-state index contributed by atoms with van der Waals surface area (Å²) in [6.07, 6.45) is 13.1. The first kappa shape index (κ1) is 21.4. The van der Waals surface area contributed by atoms with E-state index in [1.54, 1.807) is 12.1 Å². The van der Waals surface area contributed by atoms with Gasteiger partial charge in [0.05, 0.1) is 5.56 Å². The standard InChI is InChI=1S/C23H34N2O2.ClH/c26-23(27)20-8-12-22(13-9-20)25-16-14-24(15-17-25)21-10-6-19(7-11-21)18-4-2-1-3-5-18;/h8-9,12-13,18-19,21H,1-7,10-11,14-17H2,(H,26,27);1H/t19-,21+;. The van der Waals surface area contributed by atoms with Crippen LogP contribution in [0.5, 0.6) is 0 Å². The number of carbonyl (C=O) groups is 1. The van der Waals surface area contributed by atoms with E-state index in [0.29, 0.717) is 5.56 Å². The fourth-order valence-corrected chi connectivity index (χ4v) is 5.70. The summed E-state index contributed by atoms with van der Waals surface area (Å²) in [5.74, 6) is 1.19. The molecule has 28 heavy (non-hydrogen) atoms. The molecule has 0 bridgehead atoms. The lowest BCUT2D eigenvalue weighted by Crippen LogP contribution is -2.51. The highest BCUT2D eigenvalue weighted by Gasteiger charge is 2.32. The van der Waals surface area contributed by atoms with Crippen molar-refractivity contribution >= 4 is 24.1 Å². The second-order valence-electron chi connectivity index (χ2n) is 8.84. The predicted octanol–water partition coefficient (Wildman–Crippen LogP) is 5.07. The number of carboxylic acid groups (broad SMARTS) is 1. The SMILES string of the molecule is Cl.O=C(O)c1ccc(N2CCN([C@H]3CC[C@@H](C4CCCCC4)CC3)CC2)cc1. The Morgan fingerprint density at radius 1 is 0.786 bits per heavy atom. The van der Waals surface area contributed by atoms with Crippen LogP contribution in [0.4, 0.5) is 5.69 Å². The molecule has 156 valence electrons. The van der Waals surface area contributed by atoms with Crippen molar-refractivity contribution in [2.24, 2.45) is 11.8 Å². The molecule has 0 radical (unpaired) electrons. The second kappa shape index (κ2) is 9.98. The van der Waals surface area contributed by atoms with Crippen molar-refractivity contribution in [3.05, 3.63) is 29.8 Å². The molecule has 1 aromatic rings. The number of hydrogen-bond acceptors (Lipinski definition) is 3. The van der Waals surface area contributed by atoms with Crippen LogP contribution in [0.2, 0.25) is 0 Å². The van der Waals surface area contributed by atoms with Crippen LogP contribution in [0, 0.1) is 11.8 Å². The zero-order valence-electron chi connectivity index (χ0n) is 16.9. The van der Waals surface area contributed by atoms with E-state index < -0.39 is 5.97 Å². The van der Waals surface area contributed by atoms with E-state index >= 15 is 0 Å². The number of benzene rings is 1. The topological polar surface area (TPSA) is 43.8 Å². The maximum Gasteiger partial charge on any atom is 0.335 e. The number of piperazine rings is 1. The molecule has 4 nitrogen and oxygen atoms in total. The third kappa shape index (κ3) is 5.01. The van der Waals surface area contributed by atoms with Crippen molar-refractivity contribution in [3.8, 4) is 0 Å². The molecule has 0 unspecified atom stereocenters. The highest BCUT2D eigenvalue weighted by molar-refractivity contribution is 5.88. The van der Waals surface area contributed by atoms with E-state index in [2.05, 4.69) is 9.80 Å². The molecule has 0 spiro atoms. The van der Waals surface area contributed by atoms with Gasteiger partial charge in [0.1, 0.15) is 0 Å². The third-order valence-electron chi connectivity index (χ3n) is 7.37. The minimum absolute atomic E-state index is 0. The van der Waals surface area contributed by atoms with E-state index in [1.165, 1.54) is 57.8 Å². The van der Waals surface area contributed by atoms with E-state index in [-0.39, 0.29) is 12.4 Å². The van der Waals surface area contributed by atoms with Crippen molar-refractivity contribution in [1.29, 1.82) is 0 Å². The number of halogens is 1. The van der Waals surface area contributed by atoms with Crippen molar-refractivity contribution in [2.45, 2.75) is 63.8 Å². The van der Waals surface area contributed by atoms with Gasteiger partial charge < -0.3 is 10.0 Å². The number of nitrogens with zero attached hydrogens (tertiary/aromatic N) is 2. The van der Waals surface area contributed by atoms with E-state index in [9.17, 15) is 4.79 Å². The minimum atomic E-state index is -0.852. The van der Waals surface area contributed by atoms with Crippen LogP contribution in [-0.2, 0) is 0 Å². The maximum absolute atomic E-state index is 11.0. The average Bonchev–Trinajstić information content (AvgIpc) is 2.75. The summed E-state index contributed by atoms with van der Waals surface area (Å²) in [6.45, 7) is 4.38. The lowest BCUT2D eigenvalue weighted by molar-refractivity contribution is 0.0697. The monoisotopic (exact) mass is 406 g/mol. The highest BCUT2D eigenvalue weighted by atomic mass is 35.5. The van der Waals surface area contributed by atoms with Gasteiger partial charge in [0.25, 0.3) is 0 Å². The molecule has 1 aliphatic heterocycles. The number of hydrogen-bond donors (Lipinski definition) is 1. The molecule has 2 aliphatic carbocycles. The number of aromatic carboxylic acids is 1. The molecular weight excluding hydrogens is 372 g/mol. The van der Waals surface area contributed by atoms with Crippen molar-refractivity contribution in [3.63, 3.8) is 0 Å².